The Hall–Kier alpha value is -0.110. The molecule has 8 heteroatoms. The summed E-state index contributed by atoms with van der Waals surface area (Å²) < 4.78 is 24.8. The van der Waals surface area contributed by atoms with Crippen molar-refractivity contribution in [3.8, 4) is 0 Å². The maximum atomic E-state index is 12.5. The lowest BCUT2D eigenvalue weighted by Gasteiger charge is -2.39. The normalized spacial score (nSPS) is 31.2. The monoisotopic (exact) mass is 382 g/mol. The van der Waals surface area contributed by atoms with Crippen LogP contribution in [0.4, 0.5) is 0 Å². The van der Waals surface area contributed by atoms with Crippen molar-refractivity contribution in [2.45, 2.75) is 30.1 Å². The van der Waals surface area contributed by atoms with Gasteiger partial charge < -0.3 is 5.32 Å². The van der Waals surface area contributed by atoms with Gasteiger partial charge in [0.2, 0.25) is 0 Å². The van der Waals surface area contributed by atoms with Crippen molar-refractivity contribution in [1.29, 1.82) is 5.41 Å². The lowest BCUT2D eigenvalue weighted by atomic mass is 10.0. The predicted octanol–water partition coefficient (Wildman–Crippen LogP) is 2.91. The zero-order valence-corrected chi connectivity index (χ0v) is 14.1. The molecule has 1 spiro atoms. The molecule has 1 aliphatic carbocycles. The third-order valence-electron chi connectivity index (χ3n) is 3.79. The number of hydrogen-bond acceptors (Lipinski definition) is 4. The minimum absolute atomic E-state index is 0.0188. The zero-order chi connectivity index (χ0) is 14.1. The minimum atomic E-state index is -3.32. The van der Waals surface area contributed by atoms with Crippen LogP contribution in [0.15, 0.2) is 9.85 Å². The van der Waals surface area contributed by atoms with E-state index in [1.54, 1.807) is 13.0 Å². The first-order valence-electron chi connectivity index (χ1n) is 5.75. The van der Waals surface area contributed by atoms with Crippen LogP contribution in [0.1, 0.15) is 24.6 Å². The van der Waals surface area contributed by atoms with E-state index in [1.165, 1.54) is 11.3 Å². The third-order valence-corrected chi connectivity index (χ3v) is 8.86. The van der Waals surface area contributed by atoms with Crippen molar-refractivity contribution in [3.05, 3.63) is 19.8 Å². The average Bonchev–Trinajstić information content (AvgIpc) is 2.98. The summed E-state index contributed by atoms with van der Waals surface area (Å²) in [5.41, 5.74) is -0.822. The summed E-state index contributed by atoms with van der Waals surface area (Å²) in [5.74, 6) is 0.0940. The third kappa shape index (κ3) is 1.89. The van der Waals surface area contributed by atoms with Gasteiger partial charge in [-0.2, -0.15) is 0 Å². The molecule has 1 aromatic heterocycles. The number of halogens is 2. The largest absolute Gasteiger partial charge is 0.362 e. The zero-order valence-electron chi connectivity index (χ0n) is 10.1. The molecular weight excluding hydrogens is 372 g/mol. The molecule has 2 heterocycles. The minimum Gasteiger partial charge on any atom is -0.362 e. The molecule has 1 saturated carbocycles. The number of rotatable bonds is 1. The summed E-state index contributed by atoms with van der Waals surface area (Å²) in [6.07, 6.45) is 1.11. The fraction of sp³-hybridized carbons (Fsp3) is 0.545. The molecule has 0 unspecified atom stereocenters. The SMILES string of the molecule is C[C@@]1(c2sc(Br)cc2Cl)CS(=O)(=O)C2(CC2)C(=N)N1. The Labute approximate surface area is 129 Å². The Bertz CT molecular complexity index is 681. The van der Waals surface area contributed by atoms with Crippen LogP contribution in [0.3, 0.4) is 0 Å². The second kappa shape index (κ2) is 3.96. The lowest BCUT2D eigenvalue weighted by molar-refractivity contribution is 0.462. The summed E-state index contributed by atoms with van der Waals surface area (Å²) in [6, 6.07) is 1.76. The molecule has 2 N–H and O–H groups in total. The first-order chi connectivity index (χ1) is 8.70. The van der Waals surface area contributed by atoms with Gasteiger partial charge in [-0.15, -0.1) is 11.3 Å². The Morgan fingerprint density at radius 2 is 2.16 bits per heavy atom. The molecule has 2 aliphatic rings. The number of sulfone groups is 1. The van der Waals surface area contributed by atoms with Crippen LogP contribution in [0.25, 0.3) is 0 Å². The fourth-order valence-electron chi connectivity index (χ4n) is 2.61. The van der Waals surface area contributed by atoms with Gasteiger partial charge in [0.1, 0.15) is 10.6 Å². The maximum absolute atomic E-state index is 12.5. The topological polar surface area (TPSA) is 70.0 Å². The molecule has 1 atom stereocenters. The molecule has 2 fully saturated rings. The Balaban J connectivity index is 2.08. The van der Waals surface area contributed by atoms with Crippen LogP contribution >= 0.6 is 38.9 Å². The molecule has 4 nitrogen and oxygen atoms in total. The van der Waals surface area contributed by atoms with E-state index in [-0.39, 0.29) is 11.6 Å². The molecule has 3 rings (SSSR count). The molecule has 0 amide bonds. The van der Waals surface area contributed by atoms with E-state index in [1.807, 2.05) is 0 Å². The molecule has 19 heavy (non-hydrogen) atoms. The highest BCUT2D eigenvalue weighted by Crippen LogP contribution is 2.51. The van der Waals surface area contributed by atoms with Gasteiger partial charge in [-0.3, -0.25) is 5.41 Å². The van der Waals surface area contributed by atoms with Gasteiger partial charge in [0.25, 0.3) is 0 Å². The van der Waals surface area contributed by atoms with Crippen molar-refractivity contribution in [2.75, 3.05) is 5.75 Å². The summed E-state index contributed by atoms with van der Waals surface area (Å²) in [5, 5.41) is 11.7. The smallest absolute Gasteiger partial charge is 0.165 e. The molecule has 1 aliphatic heterocycles. The first-order valence-corrected chi connectivity index (χ1v) is 9.39. The predicted molar refractivity (Wildman–Crippen MR) is 81.0 cm³/mol. The van der Waals surface area contributed by atoms with E-state index in [4.69, 9.17) is 17.0 Å². The van der Waals surface area contributed by atoms with E-state index in [9.17, 15) is 8.42 Å². The van der Waals surface area contributed by atoms with E-state index in [2.05, 4.69) is 21.2 Å². The average molecular weight is 384 g/mol. The van der Waals surface area contributed by atoms with Gasteiger partial charge in [-0.05, 0) is 41.8 Å². The van der Waals surface area contributed by atoms with Gasteiger partial charge >= 0.3 is 0 Å². The molecule has 0 aromatic carbocycles. The van der Waals surface area contributed by atoms with E-state index in [0.29, 0.717) is 17.9 Å². The number of thiophene rings is 1. The van der Waals surface area contributed by atoms with Crippen molar-refractivity contribution in [2.24, 2.45) is 0 Å². The summed E-state index contributed by atoms with van der Waals surface area (Å²) in [4.78, 5) is 0.755. The van der Waals surface area contributed by atoms with Crippen LogP contribution in [0.2, 0.25) is 5.02 Å². The highest BCUT2D eigenvalue weighted by atomic mass is 79.9. The van der Waals surface area contributed by atoms with Crippen LogP contribution in [0, 0.1) is 5.41 Å². The lowest BCUT2D eigenvalue weighted by Crippen LogP contribution is -2.60. The first kappa shape index (κ1) is 13.9. The maximum Gasteiger partial charge on any atom is 0.165 e. The van der Waals surface area contributed by atoms with Gasteiger partial charge in [0.05, 0.1) is 25.0 Å². The summed E-state index contributed by atoms with van der Waals surface area (Å²) in [6.45, 7) is 1.79. The Morgan fingerprint density at radius 1 is 1.53 bits per heavy atom. The van der Waals surface area contributed by atoms with Crippen LogP contribution < -0.4 is 5.32 Å². The summed E-state index contributed by atoms with van der Waals surface area (Å²) in [7, 11) is -3.32. The van der Waals surface area contributed by atoms with Gasteiger partial charge in [-0.25, -0.2) is 8.42 Å². The second-order valence-electron chi connectivity index (χ2n) is 5.31. The van der Waals surface area contributed by atoms with Gasteiger partial charge in [-0.1, -0.05) is 11.6 Å². The van der Waals surface area contributed by atoms with E-state index >= 15 is 0 Å². The molecule has 0 bridgehead atoms. The molecule has 1 saturated heterocycles. The fourth-order valence-corrected chi connectivity index (χ4v) is 7.26. The van der Waals surface area contributed by atoms with Gasteiger partial charge in [0.15, 0.2) is 9.84 Å². The highest BCUT2D eigenvalue weighted by Gasteiger charge is 2.63. The highest BCUT2D eigenvalue weighted by molar-refractivity contribution is 9.11. The van der Waals surface area contributed by atoms with Crippen molar-refractivity contribution >= 4 is 54.5 Å². The van der Waals surface area contributed by atoms with E-state index in [0.717, 1.165) is 8.66 Å². The standard InChI is InChI=1S/C11H12BrClN2O2S2/c1-10(8-6(13)4-7(12)18-8)5-19(16,17)11(2-3-11)9(14)15-10/h4H,2-3,5H2,1H3,(H2,14,15)/t10-/m0/s1. The number of amidine groups is 1. The van der Waals surface area contributed by atoms with Crippen molar-refractivity contribution in [3.63, 3.8) is 0 Å². The molecular formula is C11H12BrClN2O2S2. The molecule has 104 valence electrons. The quantitative estimate of drug-likeness (QED) is 0.783. The Morgan fingerprint density at radius 3 is 2.58 bits per heavy atom. The van der Waals surface area contributed by atoms with Crippen LogP contribution in [0.5, 0.6) is 0 Å². The van der Waals surface area contributed by atoms with Crippen LogP contribution in [-0.2, 0) is 15.4 Å². The van der Waals surface area contributed by atoms with E-state index < -0.39 is 20.1 Å². The summed E-state index contributed by atoms with van der Waals surface area (Å²) >= 11 is 10.9. The second-order valence-corrected chi connectivity index (χ2v) is 10.5. The molecule has 1 aromatic rings. The van der Waals surface area contributed by atoms with Crippen molar-refractivity contribution in [1.82, 2.24) is 5.32 Å². The van der Waals surface area contributed by atoms with Crippen LogP contribution in [-0.4, -0.2) is 24.8 Å². The molecule has 0 radical (unpaired) electrons. The Kier molecular flexibility index (Phi) is 2.89. The van der Waals surface area contributed by atoms with Gasteiger partial charge in [0, 0.05) is 0 Å². The van der Waals surface area contributed by atoms with Crippen molar-refractivity contribution < 1.29 is 8.42 Å². The number of nitrogens with one attached hydrogen (secondary N) is 2. The number of hydrogen-bond donors (Lipinski definition) is 2.